The van der Waals surface area contributed by atoms with Crippen molar-refractivity contribution in [2.45, 2.75) is 335 Å². The van der Waals surface area contributed by atoms with E-state index in [0.717, 1.165) is 103 Å². The molecule has 0 radical (unpaired) electrons. The van der Waals surface area contributed by atoms with Crippen molar-refractivity contribution in [1.82, 2.24) is 0 Å². The molecule has 0 heterocycles. The minimum atomic E-state index is -0.780. The molecule has 0 saturated carbocycles. The summed E-state index contributed by atoms with van der Waals surface area (Å²) in [4.78, 5) is 38.3. The molecule has 0 aliphatic carbocycles. The highest BCUT2D eigenvalue weighted by Crippen LogP contribution is 2.17. The van der Waals surface area contributed by atoms with Gasteiger partial charge in [0.1, 0.15) is 13.2 Å². The van der Waals surface area contributed by atoms with E-state index in [1.165, 1.54) is 186 Å². The number of rotatable bonds is 60. The van der Waals surface area contributed by atoms with E-state index in [1.54, 1.807) is 0 Å². The fraction of sp³-hybridized carbons (Fsp3) is 0.761. The molecule has 6 heteroatoms. The third kappa shape index (κ3) is 63.3. The average Bonchev–Trinajstić information content (AvgIpc) is 3.43. The monoisotopic (exact) mass is 1070 g/mol. The maximum atomic E-state index is 12.9. The first-order valence-electron chi connectivity index (χ1n) is 33.1. The molecule has 0 bridgehead atoms. The van der Waals surface area contributed by atoms with Crippen LogP contribution in [-0.2, 0) is 28.6 Å². The Morgan fingerprint density at radius 2 is 0.506 bits per heavy atom. The van der Waals surface area contributed by atoms with Crippen molar-refractivity contribution in [3.63, 3.8) is 0 Å². The van der Waals surface area contributed by atoms with Crippen LogP contribution < -0.4 is 0 Å². The second kappa shape index (κ2) is 65.1. The van der Waals surface area contributed by atoms with Gasteiger partial charge in [-0.05, 0) is 96.3 Å². The molecule has 0 spiro atoms. The highest BCUT2D eigenvalue weighted by atomic mass is 16.6. The Hall–Kier alpha value is -3.41. The van der Waals surface area contributed by atoms with Crippen LogP contribution in [0.5, 0.6) is 0 Å². The fourth-order valence-electron chi connectivity index (χ4n) is 9.44. The van der Waals surface area contributed by atoms with Gasteiger partial charge in [-0.25, -0.2) is 0 Å². The molecular formula is C71H124O6. The van der Waals surface area contributed by atoms with E-state index < -0.39 is 6.10 Å². The molecule has 0 N–H and O–H groups in total. The molecule has 0 aromatic heterocycles. The Balaban J connectivity index is 4.25. The van der Waals surface area contributed by atoms with Gasteiger partial charge >= 0.3 is 17.9 Å². The third-order valence-corrected chi connectivity index (χ3v) is 14.4. The zero-order valence-electron chi connectivity index (χ0n) is 51.0. The quantitative estimate of drug-likeness (QED) is 0.0261. The molecule has 444 valence electrons. The molecule has 0 fully saturated rings. The van der Waals surface area contributed by atoms with Crippen LogP contribution in [0.3, 0.4) is 0 Å². The number of allylic oxidation sites excluding steroid dienone is 14. The van der Waals surface area contributed by atoms with Crippen LogP contribution in [0.15, 0.2) is 85.1 Å². The van der Waals surface area contributed by atoms with Crippen molar-refractivity contribution in [2.24, 2.45) is 0 Å². The summed E-state index contributed by atoms with van der Waals surface area (Å²) in [7, 11) is 0. The molecule has 0 aromatic carbocycles. The minimum absolute atomic E-state index is 0.0780. The van der Waals surface area contributed by atoms with E-state index in [9.17, 15) is 14.4 Å². The normalized spacial score (nSPS) is 12.6. The van der Waals surface area contributed by atoms with Crippen molar-refractivity contribution in [3.8, 4) is 0 Å². The molecule has 1 unspecified atom stereocenters. The average molecular weight is 1070 g/mol. The van der Waals surface area contributed by atoms with E-state index in [-0.39, 0.29) is 31.1 Å². The second-order valence-electron chi connectivity index (χ2n) is 22.0. The predicted molar refractivity (Wildman–Crippen MR) is 334 cm³/mol. The Morgan fingerprint density at radius 1 is 0.273 bits per heavy atom. The van der Waals surface area contributed by atoms with Crippen molar-refractivity contribution >= 4 is 17.9 Å². The smallest absolute Gasteiger partial charge is 0.306 e. The van der Waals surface area contributed by atoms with Crippen molar-refractivity contribution in [2.75, 3.05) is 13.2 Å². The first-order valence-corrected chi connectivity index (χ1v) is 33.1. The molecule has 0 aliphatic heterocycles. The zero-order chi connectivity index (χ0) is 55.7. The Kier molecular flexibility index (Phi) is 62.2. The molecule has 0 aromatic rings. The number of hydrogen-bond acceptors (Lipinski definition) is 6. The summed E-state index contributed by atoms with van der Waals surface area (Å²) in [5.74, 6) is -0.875. The standard InChI is InChI=1S/C71H124O6/c1-4-7-10-13-16-19-22-25-27-29-31-32-33-34-35-36-37-38-39-40-41-43-44-46-49-52-55-58-61-64-70(73)76-67-68(66-75-69(72)63-60-57-54-51-48-24-21-18-15-12-9-6-3)77-71(74)65-62-59-56-53-50-47-45-42-30-28-26-23-20-17-14-11-8-5-2/h7,10,16,18-19,21,25,27,31-32,34-35,37-38,68H,4-6,8-9,11-15,17,20,22-24,26,28-30,33,36,39-67H2,1-3H3/b10-7-,19-16-,21-18-,27-25-,32-31-,35-34-,38-37-. The van der Waals surface area contributed by atoms with Gasteiger partial charge in [-0.3, -0.25) is 14.4 Å². The summed E-state index contributed by atoms with van der Waals surface area (Å²) < 4.78 is 16.9. The Labute approximate surface area is 477 Å². The van der Waals surface area contributed by atoms with Gasteiger partial charge in [-0.1, -0.05) is 298 Å². The molecule has 0 amide bonds. The van der Waals surface area contributed by atoms with E-state index in [2.05, 4.69) is 106 Å². The van der Waals surface area contributed by atoms with E-state index in [1.807, 2.05) is 0 Å². The predicted octanol–water partition coefficient (Wildman–Crippen LogP) is 22.7. The van der Waals surface area contributed by atoms with E-state index in [4.69, 9.17) is 14.2 Å². The van der Waals surface area contributed by atoms with Crippen LogP contribution in [0.4, 0.5) is 0 Å². The maximum absolute atomic E-state index is 12.9. The highest BCUT2D eigenvalue weighted by Gasteiger charge is 2.19. The van der Waals surface area contributed by atoms with Crippen molar-refractivity contribution < 1.29 is 28.6 Å². The fourth-order valence-corrected chi connectivity index (χ4v) is 9.44. The molecule has 0 rings (SSSR count). The van der Waals surface area contributed by atoms with Crippen LogP contribution in [0, 0.1) is 0 Å². The number of carbonyl (C=O) groups excluding carboxylic acids is 3. The summed E-state index contributed by atoms with van der Waals surface area (Å²) in [6, 6.07) is 0. The topological polar surface area (TPSA) is 78.9 Å². The SMILES string of the molecule is CC/C=C\C/C=C\C/C=C\C/C=C\C/C=C\C/C=C\CCCCCCCCCCCCC(=O)OCC(COC(=O)CCCCCCC/C=C\CCCCC)OC(=O)CCCCCCCCCCCCCCCCCCCC. The van der Waals surface area contributed by atoms with Crippen molar-refractivity contribution in [1.29, 1.82) is 0 Å². The van der Waals surface area contributed by atoms with Gasteiger partial charge in [0.25, 0.3) is 0 Å². The van der Waals surface area contributed by atoms with Gasteiger partial charge in [0.05, 0.1) is 0 Å². The van der Waals surface area contributed by atoms with Crippen LogP contribution in [0.1, 0.15) is 329 Å². The summed E-state index contributed by atoms with van der Waals surface area (Å²) in [6.07, 6.45) is 85.9. The lowest BCUT2D eigenvalue weighted by Crippen LogP contribution is -2.30. The first kappa shape index (κ1) is 73.6. The van der Waals surface area contributed by atoms with Crippen molar-refractivity contribution in [3.05, 3.63) is 85.1 Å². The van der Waals surface area contributed by atoms with Crippen LogP contribution >= 0.6 is 0 Å². The summed E-state index contributed by atoms with van der Waals surface area (Å²) in [5, 5.41) is 0. The van der Waals surface area contributed by atoms with Gasteiger partial charge in [0, 0.05) is 19.3 Å². The molecule has 6 nitrogen and oxygen atoms in total. The Morgan fingerprint density at radius 3 is 0.831 bits per heavy atom. The Bertz CT molecular complexity index is 1470. The van der Waals surface area contributed by atoms with Gasteiger partial charge in [-0.2, -0.15) is 0 Å². The molecule has 77 heavy (non-hydrogen) atoms. The van der Waals surface area contributed by atoms with E-state index in [0.29, 0.717) is 19.3 Å². The molecule has 0 saturated heterocycles. The van der Waals surface area contributed by atoms with Gasteiger partial charge < -0.3 is 14.2 Å². The summed E-state index contributed by atoms with van der Waals surface area (Å²) in [5.41, 5.74) is 0. The zero-order valence-corrected chi connectivity index (χ0v) is 51.0. The largest absolute Gasteiger partial charge is 0.462 e. The number of esters is 3. The second-order valence-corrected chi connectivity index (χ2v) is 22.0. The third-order valence-electron chi connectivity index (χ3n) is 14.4. The lowest BCUT2D eigenvalue weighted by molar-refractivity contribution is -0.167. The molecular weight excluding hydrogens is 949 g/mol. The number of ether oxygens (including phenoxy) is 3. The highest BCUT2D eigenvalue weighted by molar-refractivity contribution is 5.71. The summed E-state index contributed by atoms with van der Waals surface area (Å²) in [6.45, 7) is 6.53. The van der Waals surface area contributed by atoms with E-state index >= 15 is 0 Å². The maximum Gasteiger partial charge on any atom is 0.306 e. The summed E-state index contributed by atoms with van der Waals surface area (Å²) >= 11 is 0. The molecule has 1 atom stereocenters. The lowest BCUT2D eigenvalue weighted by Gasteiger charge is -2.18. The first-order chi connectivity index (χ1) is 38.0. The van der Waals surface area contributed by atoms with Crippen LogP contribution in [-0.4, -0.2) is 37.2 Å². The molecule has 0 aliphatic rings. The lowest BCUT2D eigenvalue weighted by atomic mass is 10.0. The number of carbonyl (C=O) groups is 3. The van der Waals surface area contributed by atoms with Gasteiger partial charge in [0.2, 0.25) is 0 Å². The minimum Gasteiger partial charge on any atom is -0.462 e. The van der Waals surface area contributed by atoms with Crippen LogP contribution in [0.2, 0.25) is 0 Å². The number of unbranched alkanes of at least 4 members (excludes halogenated alkanes) is 35. The van der Waals surface area contributed by atoms with Crippen LogP contribution in [0.25, 0.3) is 0 Å². The number of hydrogen-bond donors (Lipinski definition) is 0. The van der Waals surface area contributed by atoms with Gasteiger partial charge in [0.15, 0.2) is 6.10 Å². The van der Waals surface area contributed by atoms with Gasteiger partial charge in [-0.15, -0.1) is 0 Å².